The van der Waals surface area contributed by atoms with E-state index in [-0.39, 0.29) is 11.9 Å². The lowest BCUT2D eigenvalue weighted by Crippen LogP contribution is -2.39. The third-order valence-corrected chi connectivity index (χ3v) is 3.30. The van der Waals surface area contributed by atoms with E-state index in [0.29, 0.717) is 11.4 Å². The zero-order chi connectivity index (χ0) is 14.4. The molecule has 1 aromatic carbocycles. The number of rotatable bonds is 3. The van der Waals surface area contributed by atoms with E-state index in [2.05, 4.69) is 16.0 Å². The maximum absolute atomic E-state index is 12.1. The number of urea groups is 1. The maximum atomic E-state index is 12.1. The third-order valence-electron chi connectivity index (χ3n) is 3.30. The molecule has 0 aromatic heterocycles. The van der Waals surface area contributed by atoms with Crippen molar-refractivity contribution in [3.05, 3.63) is 24.3 Å². The lowest BCUT2D eigenvalue weighted by molar-refractivity contribution is -0.118. The number of primary amides is 1. The molecule has 0 spiro atoms. The normalized spacial score (nSPS) is 18.9. The van der Waals surface area contributed by atoms with E-state index < -0.39 is 6.03 Å². The SMILES string of the molecule is NC(=O)Nc1ccc(NC(=O)C2CCCCCN2)cc1. The maximum Gasteiger partial charge on any atom is 0.316 e. The van der Waals surface area contributed by atoms with Crippen LogP contribution in [0.25, 0.3) is 0 Å². The fourth-order valence-electron chi connectivity index (χ4n) is 2.26. The first-order valence-electron chi connectivity index (χ1n) is 6.86. The fraction of sp³-hybridized carbons (Fsp3) is 0.429. The van der Waals surface area contributed by atoms with Gasteiger partial charge in [-0.1, -0.05) is 12.8 Å². The van der Waals surface area contributed by atoms with Crippen molar-refractivity contribution in [2.24, 2.45) is 5.73 Å². The van der Waals surface area contributed by atoms with Gasteiger partial charge in [-0.15, -0.1) is 0 Å². The molecule has 1 aliphatic rings. The molecule has 108 valence electrons. The average molecular weight is 276 g/mol. The summed E-state index contributed by atoms with van der Waals surface area (Å²) in [5.41, 5.74) is 6.33. The van der Waals surface area contributed by atoms with Gasteiger partial charge >= 0.3 is 6.03 Å². The summed E-state index contributed by atoms with van der Waals surface area (Å²) in [6, 6.07) is 6.13. The number of nitrogens with two attached hydrogens (primary N) is 1. The van der Waals surface area contributed by atoms with Crippen LogP contribution in [0.1, 0.15) is 25.7 Å². The summed E-state index contributed by atoms with van der Waals surface area (Å²) in [6.45, 7) is 0.888. The first-order chi connectivity index (χ1) is 9.65. The molecule has 0 radical (unpaired) electrons. The first-order valence-corrected chi connectivity index (χ1v) is 6.86. The minimum Gasteiger partial charge on any atom is -0.351 e. The smallest absolute Gasteiger partial charge is 0.316 e. The summed E-state index contributed by atoms with van der Waals surface area (Å²) in [5.74, 6) is -0.0116. The number of carbonyl (C=O) groups excluding carboxylic acids is 2. The molecule has 1 unspecified atom stereocenters. The molecule has 1 fully saturated rings. The van der Waals surface area contributed by atoms with Gasteiger partial charge in [0.15, 0.2) is 0 Å². The van der Waals surface area contributed by atoms with E-state index >= 15 is 0 Å². The van der Waals surface area contributed by atoms with Crippen LogP contribution in [0.3, 0.4) is 0 Å². The number of anilines is 2. The van der Waals surface area contributed by atoms with Crippen LogP contribution in [0, 0.1) is 0 Å². The molecule has 6 heteroatoms. The quantitative estimate of drug-likeness (QED) is 0.676. The molecular weight excluding hydrogens is 256 g/mol. The van der Waals surface area contributed by atoms with Gasteiger partial charge in [0.05, 0.1) is 6.04 Å². The van der Waals surface area contributed by atoms with Gasteiger partial charge in [-0.25, -0.2) is 4.79 Å². The second kappa shape index (κ2) is 6.91. The molecule has 0 aliphatic carbocycles. The van der Waals surface area contributed by atoms with E-state index in [0.717, 1.165) is 25.8 Å². The van der Waals surface area contributed by atoms with Crippen LogP contribution in [0.4, 0.5) is 16.2 Å². The summed E-state index contributed by atoms with van der Waals surface area (Å²) in [5, 5.41) is 8.60. The van der Waals surface area contributed by atoms with Crippen molar-refractivity contribution in [3.63, 3.8) is 0 Å². The van der Waals surface area contributed by atoms with Crippen molar-refractivity contribution in [1.29, 1.82) is 0 Å². The molecule has 1 aromatic rings. The van der Waals surface area contributed by atoms with Gasteiger partial charge in [0.25, 0.3) is 0 Å². The lowest BCUT2D eigenvalue weighted by Gasteiger charge is -2.15. The molecule has 1 heterocycles. The summed E-state index contributed by atoms with van der Waals surface area (Å²) < 4.78 is 0. The van der Waals surface area contributed by atoms with E-state index in [1.54, 1.807) is 24.3 Å². The van der Waals surface area contributed by atoms with Crippen LogP contribution in [0.2, 0.25) is 0 Å². The Hall–Kier alpha value is -2.08. The van der Waals surface area contributed by atoms with Crippen molar-refractivity contribution in [3.8, 4) is 0 Å². The van der Waals surface area contributed by atoms with E-state index in [1.807, 2.05) is 0 Å². The second-order valence-electron chi connectivity index (χ2n) is 4.91. The average Bonchev–Trinajstić information content (AvgIpc) is 2.69. The third kappa shape index (κ3) is 4.24. The van der Waals surface area contributed by atoms with Crippen LogP contribution in [0.15, 0.2) is 24.3 Å². The van der Waals surface area contributed by atoms with Crippen molar-refractivity contribution < 1.29 is 9.59 Å². The fourth-order valence-corrected chi connectivity index (χ4v) is 2.26. The van der Waals surface area contributed by atoms with Gasteiger partial charge in [0.1, 0.15) is 0 Å². The van der Waals surface area contributed by atoms with E-state index in [9.17, 15) is 9.59 Å². The van der Waals surface area contributed by atoms with E-state index in [4.69, 9.17) is 5.73 Å². The molecule has 20 heavy (non-hydrogen) atoms. The molecule has 6 nitrogen and oxygen atoms in total. The number of amides is 3. The molecule has 1 saturated heterocycles. The van der Waals surface area contributed by atoms with Crippen LogP contribution < -0.4 is 21.7 Å². The highest BCUT2D eigenvalue weighted by atomic mass is 16.2. The zero-order valence-electron chi connectivity index (χ0n) is 11.3. The molecule has 5 N–H and O–H groups in total. The van der Waals surface area contributed by atoms with Crippen LogP contribution >= 0.6 is 0 Å². The molecule has 1 aliphatic heterocycles. The molecule has 0 bridgehead atoms. The Morgan fingerprint density at radius 3 is 2.35 bits per heavy atom. The highest BCUT2D eigenvalue weighted by Crippen LogP contribution is 2.15. The number of hydrogen-bond acceptors (Lipinski definition) is 3. The Labute approximate surface area is 118 Å². The minimum atomic E-state index is -0.607. The highest BCUT2D eigenvalue weighted by Gasteiger charge is 2.19. The van der Waals surface area contributed by atoms with Gasteiger partial charge in [0.2, 0.25) is 5.91 Å². The Morgan fingerprint density at radius 1 is 1.05 bits per heavy atom. The van der Waals surface area contributed by atoms with E-state index in [1.165, 1.54) is 6.42 Å². The number of hydrogen-bond donors (Lipinski definition) is 4. The monoisotopic (exact) mass is 276 g/mol. The minimum absolute atomic E-state index is 0.0116. The van der Waals surface area contributed by atoms with Gasteiger partial charge in [-0.3, -0.25) is 4.79 Å². The summed E-state index contributed by atoms with van der Waals surface area (Å²) >= 11 is 0. The highest BCUT2D eigenvalue weighted by molar-refractivity contribution is 5.95. The predicted molar refractivity (Wildman–Crippen MR) is 78.5 cm³/mol. The number of benzene rings is 1. The van der Waals surface area contributed by atoms with Gasteiger partial charge in [0, 0.05) is 11.4 Å². The first kappa shape index (κ1) is 14.3. The van der Waals surface area contributed by atoms with Crippen LogP contribution in [-0.2, 0) is 4.79 Å². The summed E-state index contributed by atoms with van der Waals surface area (Å²) in [4.78, 5) is 22.8. The second-order valence-corrected chi connectivity index (χ2v) is 4.91. The summed E-state index contributed by atoms with van der Waals surface area (Å²) in [7, 11) is 0. The van der Waals surface area contributed by atoms with Crippen molar-refractivity contribution in [1.82, 2.24) is 5.32 Å². The Kier molecular flexibility index (Phi) is 4.95. The summed E-state index contributed by atoms with van der Waals surface area (Å²) in [6.07, 6.45) is 4.24. The standard InChI is InChI=1S/C14H20N4O2/c15-14(20)18-11-7-5-10(6-8-11)17-13(19)12-4-2-1-3-9-16-12/h5-8,12,16H,1-4,9H2,(H,17,19)(H3,15,18,20). The topological polar surface area (TPSA) is 96.2 Å². The van der Waals surface area contributed by atoms with Crippen molar-refractivity contribution in [2.45, 2.75) is 31.7 Å². The molecule has 3 amide bonds. The zero-order valence-corrected chi connectivity index (χ0v) is 11.3. The number of carbonyl (C=O) groups is 2. The van der Waals surface area contributed by atoms with Gasteiger partial charge < -0.3 is 21.7 Å². The Balaban J connectivity index is 1.91. The molecule has 0 saturated carbocycles. The Bertz CT molecular complexity index is 465. The lowest BCUT2D eigenvalue weighted by atomic mass is 10.1. The largest absolute Gasteiger partial charge is 0.351 e. The number of nitrogens with one attached hydrogen (secondary N) is 3. The van der Waals surface area contributed by atoms with Gasteiger partial charge in [-0.05, 0) is 43.7 Å². The van der Waals surface area contributed by atoms with Crippen molar-refractivity contribution in [2.75, 3.05) is 17.2 Å². The molecule has 2 rings (SSSR count). The molecular formula is C14H20N4O2. The van der Waals surface area contributed by atoms with Crippen LogP contribution in [-0.4, -0.2) is 24.5 Å². The Morgan fingerprint density at radius 2 is 1.70 bits per heavy atom. The molecule has 1 atom stereocenters. The van der Waals surface area contributed by atoms with Crippen LogP contribution in [0.5, 0.6) is 0 Å². The van der Waals surface area contributed by atoms with Gasteiger partial charge in [-0.2, -0.15) is 0 Å². The van der Waals surface area contributed by atoms with Crippen molar-refractivity contribution >= 4 is 23.3 Å². The predicted octanol–water partition coefficient (Wildman–Crippen LogP) is 1.65.